The van der Waals surface area contributed by atoms with E-state index in [1.165, 1.54) is 48.5 Å². The molecule has 5 rings (SSSR count). The molecule has 0 radical (unpaired) electrons. The number of carbonyl (C=O) groups excluding carboxylic acids is 2. The summed E-state index contributed by atoms with van der Waals surface area (Å²) in [5, 5.41) is 12.1. The number of esters is 1. The first-order valence-corrected chi connectivity index (χ1v) is 17.2. The molecule has 0 atom stereocenters. The van der Waals surface area contributed by atoms with Crippen molar-refractivity contribution in [3.05, 3.63) is 162 Å². The van der Waals surface area contributed by atoms with E-state index >= 15 is 0 Å². The molecule has 0 aromatic heterocycles. The van der Waals surface area contributed by atoms with Gasteiger partial charge in [0.05, 0.1) is 13.0 Å². The number of halogens is 3. The fraction of sp³-hybridized carbons (Fsp3) is 0.128. The molecule has 0 heterocycles. The summed E-state index contributed by atoms with van der Waals surface area (Å²) >= 11 is 5.12. The summed E-state index contributed by atoms with van der Waals surface area (Å²) in [5.41, 5.74) is 1.34. The average Bonchev–Trinajstić information content (AvgIpc) is 3.09. The van der Waals surface area contributed by atoms with E-state index in [0.717, 1.165) is 26.8 Å². The van der Waals surface area contributed by atoms with Gasteiger partial charge in [0, 0.05) is 11.7 Å². The Kier molecular flexibility index (Phi) is 15.0. The SMILES string of the molecule is CCOC(=O)C(C)=P(c1ccccc1)(c1ccccc1)c1ccccc1.O=C(Cl)Cc1ccc(F)cc1.O=C(O)Cc1ccc(F)cc1. The van der Waals surface area contributed by atoms with Gasteiger partial charge < -0.3 is 9.84 Å². The average molecular weight is 689 g/mol. The molecule has 0 aliphatic carbocycles. The normalized spacial score (nSPS) is 10.4. The van der Waals surface area contributed by atoms with Gasteiger partial charge in [-0.3, -0.25) is 9.59 Å². The number of carboxylic acid groups (broad SMARTS) is 1. The summed E-state index contributed by atoms with van der Waals surface area (Å²) in [6.45, 7) is 1.86. The summed E-state index contributed by atoms with van der Waals surface area (Å²) in [6, 6.07) is 42.1. The highest BCUT2D eigenvalue weighted by molar-refractivity contribution is 7.96. The van der Waals surface area contributed by atoms with E-state index in [1.54, 1.807) is 0 Å². The Morgan fingerprint density at radius 2 is 0.979 bits per heavy atom. The van der Waals surface area contributed by atoms with Crippen LogP contribution in [0.3, 0.4) is 0 Å². The van der Waals surface area contributed by atoms with Crippen molar-refractivity contribution in [2.45, 2.75) is 26.7 Å². The molecular formula is C39H36ClF2O5P. The Balaban J connectivity index is 0.000000233. The Morgan fingerprint density at radius 3 is 1.29 bits per heavy atom. The fourth-order valence-electron chi connectivity index (χ4n) is 4.90. The lowest BCUT2D eigenvalue weighted by Gasteiger charge is -2.31. The van der Waals surface area contributed by atoms with Gasteiger partial charge in [0.1, 0.15) is 11.6 Å². The van der Waals surface area contributed by atoms with E-state index in [9.17, 15) is 23.2 Å². The second-order valence-corrected chi connectivity index (χ2v) is 14.3. The number of ether oxygens (including phenoxy) is 1. The zero-order valence-corrected chi connectivity index (χ0v) is 28.2. The van der Waals surface area contributed by atoms with Gasteiger partial charge in [-0.1, -0.05) is 115 Å². The molecule has 0 saturated heterocycles. The molecule has 0 saturated carbocycles. The predicted molar refractivity (Wildman–Crippen MR) is 191 cm³/mol. The number of hydrogen-bond donors (Lipinski definition) is 1. The Labute approximate surface area is 284 Å². The van der Waals surface area contributed by atoms with Crippen molar-refractivity contribution in [2.75, 3.05) is 6.61 Å². The maximum atomic E-state index is 12.9. The zero-order valence-electron chi connectivity index (χ0n) is 26.6. The minimum Gasteiger partial charge on any atom is -0.481 e. The van der Waals surface area contributed by atoms with Crippen molar-refractivity contribution in [3.63, 3.8) is 0 Å². The molecule has 0 amide bonds. The maximum Gasteiger partial charge on any atom is 0.334 e. The van der Waals surface area contributed by atoms with Crippen molar-refractivity contribution in [2.24, 2.45) is 0 Å². The number of rotatable bonds is 9. The lowest BCUT2D eigenvalue weighted by Crippen LogP contribution is -2.33. The molecule has 0 spiro atoms. The third-order valence-electron chi connectivity index (χ3n) is 7.03. The number of carboxylic acids is 1. The predicted octanol–water partition coefficient (Wildman–Crippen LogP) is 7.32. The molecular weight excluding hydrogens is 653 g/mol. The minimum absolute atomic E-state index is 0.0553. The molecule has 5 aromatic rings. The van der Waals surface area contributed by atoms with Crippen molar-refractivity contribution in [1.82, 2.24) is 0 Å². The quantitative estimate of drug-likeness (QED) is 0.0998. The lowest BCUT2D eigenvalue weighted by atomic mass is 10.1. The van der Waals surface area contributed by atoms with Crippen molar-refractivity contribution < 1.29 is 33.0 Å². The highest BCUT2D eigenvalue weighted by Crippen LogP contribution is 2.46. The number of carbonyl (C=O) groups is 3. The third-order valence-corrected chi connectivity index (χ3v) is 11.6. The Hall–Kier alpha value is -4.84. The molecule has 5 aromatic carbocycles. The van der Waals surface area contributed by atoms with Crippen molar-refractivity contribution >= 4 is 56.9 Å². The second-order valence-electron chi connectivity index (χ2n) is 10.3. The molecule has 248 valence electrons. The van der Waals surface area contributed by atoms with Crippen molar-refractivity contribution in [1.29, 1.82) is 0 Å². The molecule has 0 bridgehead atoms. The van der Waals surface area contributed by atoms with Crippen LogP contribution in [0.2, 0.25) is 0 Å². The molecule has 0 fully saturated rings. The van der Waals surface area contributed by atoms with Gasteiger partial charge in [-0.05, 0) is 83.6 Å². The standard InChI is InChI=1S/C23H23O2P.C8H6ClFO.C8H7FO2/c1-3-25-23(24)19(2)26(20-13-7-4-8-14-20,21-15-9-5-10-16-21)22-17-11-6-12-18-22;9-8(11)5-6-1-3-7(10)4-2-6;9-7-3-1-6(2-4-7)5-8(10)11/h4-18H,3H2,1-2H3;1-4H,5H2;1-4H,5H2,(H,10,11). The molecule has 0 unspecified atom stereocenters. The van der Waals surface area contributed by atoms with Crippen LogP contribution < -0.4 is 15.9 Å². The Morgan fingerprint density at radius 1 is 0.625 bits per heavy atom. The molecule has 0 aliphatic rings. The van der Waals surface area contributed by atoms with E-state index in [-0.39, 0.29) is 30.4 Å². The summed E-state index contributed by atoms with van der Waals surface area (Å²) < 4.78 is 30.0. The second kappa shape index (κ2) is 19.1. The minimum atomic E-state index is -2.29. The van der Waals surface area contributed by atoms with Crippen LogP contribution in [0.5, 0.6) is 0 Å². The van der Waals surface area contributed by atoms with Crippen LogP contribution in [0.4, 0.5) is 8.78 Å². The smallest absolute Gasteiger partial charge is 0.334 e. The lowest BCUT2D eigenvalue weighted by molar-refractivity contribution is -0.136. The first-order valence-electron chi connectivity index (χ1n) is 15.0. The summed E-state index contributed by atoms with van der Waals surface area (Å²) in [6.07, 6.45) is 0.0993. The number of hydrogen-bond acceptors (Lipinski definition) is 4. The van der Waals surface area contributed by atoms with Crippen LogP contribution >= 0.6 is 18.5 Å². The van der Waals surface area contributed by atoms with Gasteiger partial charge in [-0.25, -0.2) is 13.6 Å². The van der Waals surface area contributed by atoms with Crippen molar-refractivity contribution in [3.8, 4) is 0 Å². The van der Waals surface area contributed by atoms with Crippen LogP contribution in [-0.2, 0) is 32.0 Å². The highest BCUT2D eigenvalue weighted by Gasteiger charge is 2.31. The van der Waals surface area contributed by atoms with Crippen LogP contribution in [0.25, 0.3) is 0 Å². The van der Waals surface area contributed by atoms with Crippen LogP contribution in [0.1, 0.15) is 25.0 Å². The first-order chi connectivity index (χ1) is 23.1. The topological polar surface area (TPSA) is 80.7 Å². The van der Waals surface area contributed by atoms with Gasteiger partial charge >= 0.3 is 11.9 Å². The zero-order chi connectivity index (χ0) is 34.9. The van der Waals surface area contributed by atoms with Gasteiger partial charge in [-0.2, -0.15) is 0 Å². The molecule has 1 N–H and O–H groups in total. The van der Waals surface area contributed by atoms with Crippen LogP contribution in [0, 0.1) is 11.6 Å². The van der Waals surface area contributed by atoms with Crippen LogP contribution in [-0.4, -0.2) is 34.2 Å². The summed E-state index contributed by atoms with van der Waals surface area (Å²) in [5.74, 6) is -1.79. The molecule has 48 heavy (non-hydrogen) atoms. The van der Waals surface area contributed by atoms with E-state index in [1.807, 2.05) is 68.4 Å². The number of benzene rings is 5. The molecule has 0 aliphatic heterocycles. The van der Waals surface area contributed by atoms with E-state index in [2.05, 4.69) is 36.4 Å². The van der Waals surface area contributed by atoms with Crippen LogP contribution in [0.15, 0.2) is 140 Å². The highest BCUT2D eigenvalue weighted by atomic mass is 35.5. The fourth-order valence-corrected chi connectivity index (χ4v) is 9.30. The van der Waals surface area contributed by atoms with Gasteiger partial charge in [0.15, 0.2) is 0 Å². The molecule has 5 nitrogen and oxygen atoms in total. The summed E-state index contributed by atoms with van der Waals surface area (Å²) in [7, 11) is 0. The van der Waals surface area contributed by atoms with E-state index < -0.39 is 18.1 Å². The van der Waals surface area contributed by atoms with Gasteiger partial charge in [0.2, 0.25) is 5.24 Å². The van der Waals surface area contributed by atoms with E-state index in [4.69, 9.17) is 21.4 Å². The Bertz CT molecular complexity index is 1650. The third kappa shape index (κ3) is 10.9. The molecule has 9 heteroatoms. The van der Waals surface area contributed by atoms with Gasteiger partial charge in [0.25, 0.3) is 0 Å². The largest absolute Gasteiger partial charge is 0.481 e. The number of aliphatic carboxylic acids is 1. The first kappa shape index (κ1) is 37.6. The summed E-state index contributed by atoms with van der Waals surface area (Å²) in [4.78, 5) is 33.4. The monoisotopic (exact) mass is 688 g/mol. The maximum absolute atomic E-state index is 12.9. The van der Waals surface area contributed by atoms with Gasteiger partial charge in [-0.15, -0.1) is 0 Å². The van der Waals surface area contributed by atoms with E-state index in [0.29, 0.717) is 12.2 Å².